The van der Waals surface area contributed by atoms with E-state index < -0.39 is 0 Å². The Kier molecular flexibility index (Phi) is 5.83. The summed E-state index contributed by atoms with van der Waals surface area (Å²) in [7, 11) is 0. The van der Waals surface area contributed by atoms with Crippen molar-refractivity contribution in [3.8, 4) is 0 Å². The number of aliphatic hydroxyl groups is 2. The van der Waals surface area contributed by atoms with Gasteiger partial charge in [-0.25, -0.2) is 0 Å². The molecule has 0 aromatic carbocycles. The molecule has 6 aliphatic rings. The van der Waals surface area contributed by atoms with E-state index in [0.29, 0.717) is 11.8 Å². The quantitative estimate of drug-likeness (QED) is 0.666. The fourth-order valence-electron chi connectivity index (χ4n) is 6.21. The molecule has 24 heavy (non-hydrogen) atoms. The van der Waals surface area contributed by atoms with Crippen LogP contribution in [-0.2, 0) is 0 Å². The molecule has 6 fully saturated rings. The van der Waals surface area contributed by atoms with Gasteiger partial charge in [0.25, 0.3) is 0 Å². The summed E-state index contributed by atoms with van der Waals surface area (Å²) in [4.78, 5) is 0. The lowest BCUT2D eigenvalue weighted by molar-refractivity contribution is -0.251. The number of hydrogen-bond acceptors (Lipinski definition) is 2. The summed E-state index contributed by atoms with van der Waals surface area (Å²) < 4.78 is 0. The van der Waals surface area contributed by atoms with Crippen LogP contribution in [0.2, 0.25) is 0 Å². The molecule has 0 aromatic heterocycles. The predicted molar refractivity (Wildman–Crippen MR) is 102 cm³/mol. The van der Waals surface area contributed by atoms with Gasteiger partial charge in [0.2, 0.25) is 0 Å². The minimum Gasteiger partial charge on any atom is -0.389 e. The predicted octanol–water partition coefficient (Wildman–Crippen LogP) is 3.63. The van der Waals surface area contributed by atoms with E-state index in [4.69, 9.17) is 0 Å². The Bertz CT molecular complexity index is 423. The van der Waals surface area contributed by atoms with Crippen molar-refractivity contribution in [2.24, 2.45) is 34.5 Å². The molecular formula is C20H36B2O2. The Labute approximate surface area is 153 Å². The molecule has 6 atom stereocenters. The molecule has 0 heterocycles. The monoisotopic (exact) mass is 330 g/mol. The first-order valence-electron chi connectivity index (χ1n) is 9.41. The van der Waals surface area contributed by atoms with E-state index in [1.165, 1.54) is 25.7 Å². The summed E-state index contributed by atoms with van der Waals surface area (Å²) in [5, 5.41) is 20.5. The van der Waals surface area contributed by atoms with Crippen molar-refractivity contribution < 1.29 is 10.2 Å². The third kappa shape index (κ3) is 2.54. The van der Waals surface area contributed by atoms with Crippen LogP contribution in [0.3, 0.4) is 0 Å². The van der Waals surface area contributed by atoms with Crippen molar-refractivity contribution in [1.29, 1.82) is 0 Å². The third-order valence-corrected chi connectivity index (χ3v) is 8.91. The van der Waals surface area contributed by atoms with Gasteiger partial charge in [0.05, 0.1) is 11.2 Å². The largest absolute Gasteiger partial charge is 0.389 e. The highest BCUT2D eigenvalue weighted by Crippen LogP contribution is 2.64. The lowest BCUT2D eigenvalue weighted by Gasteiger charge is -2.65. The van der Waals surface area contributed by atoms with Crippen molar-refractivity contribution in [2.75, 3.05) is 0 Å². The topological polar surface area (TPSA) is 40.5 Å². The van der Waals surface area contributed by atoms with Gasteiger partial charge in [-0.1, -0.05) is 41.5 Å². The van der Waals surface area contributed by atoms with E-state index in [0.717, 1.165) is 24.7 Å². The molecule has 6 unspecified atom stereocenters. The highest BCUT2D eigenvalue weighted by Gasteiger charge is 2.64. The summed E-state index contributed by atoms with van der Waals surface area (Å²) in [6.45, 7) is 13.3. The van der Waals surface area contributed by atoms with E-state index in [-0.39, 0.29) is 38.9 Å². The Morgan fingerprint density at radius 1 is 0.625 bits per heavy atom. The average Bonchev–Trinajstić information content (AvgIpc) is 2.44. The molecular weight excluding hydrogens is 294 g/mol. The lowest BCUT2D eigenvalue weighted by atomic mass is 9.43. The standard InChI is InChI=1S/2C10H18O.2B/c2*1-7-4-5-8-6-10(7,11)9(8,2)3;;/h2*7-8,11H,4-6H2,1-3H3;;. The van der Waals surface area contributed by atoms with Gasteiger partial charge < -0.3 is 10.2 Å². The first-order valence-corrected chi connectivity index (χ1v) is 9.41. The zero-order valence-corrected chi connectivity index (χ0v) is 16.6. The van der Waals surface area contributed by atoms with Crippen molar-refractivity contribution in [3.05, 3.63) is 0 Å². The smallest absolute Gasteiger partial charge is 0.0729 e. The van der Waals surface area contributed by atoms with Crippen molar-refractivity contribution in [2.45, 2.75) is 91.3 Å². The molecule has 2 N–H and O–H groups in total. The lowest BCUT2D eigenvalue weighted by Crippen LogP contribution is -2.66. The second-order valence-corrected chi connectivity index (χ2v) is 10.1. The van der Waals surface area contributed by atoms with Crippen LogP contribution in [-0.4, -0.2) is 38.2 Å². The Morgan fingerprint density at radius 2 is 0.917 bits per heavy atom. The second kappa shape index (κ2) is 6.34. The Balaban J connectivity index is 0.000000222. The Morgan fingerprint density at radius 3 is 1.08 bits per heavy atom. The van der Waals surface area contributed by atoms with Gasteiger partial charge in [-0.15, -0.1) is 0 Å². The molecule has 134 valence electrons. The highest BCUT2D eigenvalue weighted by atomic mass is 16.3. The highest BCUT2D eigenvalue weighted by molar-refractivity contribution is 5.76. The van der Waals surface area contributed by atoms with E-state index in [9.17, 15) is 10.2 Å². The zero-order valence-electron chi connectivity index (χ0n) is 16.6. The molecule has 6 saturated carbocycles. The van der Waals surface area contributed by atoms with Crippen LogP contribution in [0.1, 0.15) is 80.1 Å². The number of rotatable bonds is 0. The van der Waals surface area contributed by atoms with Gasteiger partial charge in [-0.05, 0) is 73.0 Å². The molecule has 0 spiro atoms. The maximum absolute atomic E-state index is 10.2. The van der Waals surface area contributed by atoms with Crippen LogP contribution in [0, 0.1) is 34.5 Å². The summed E-state index contributed by atoms with van der Waals surface area (Å²) in [5.74, 6) is 2.62. The first kappa shape index (κ1) is 22.1. The fourth-order valence-corrected chi connectivity index (χ4v) is 6.21. The van der Waals surface area contributed by atoms with Crippen LogP contribution in [0.4, 0.5) is 0 Å². The van der Waals surface area contributed by atoms with Gasteiger partial charge in [-0.2, -0.15) is 0 Å². The van der Waals surface area contributed by atoms with Gasteiger partial charge in [0.15, 0.2) is 0 Å². The van der Waals surface area contributed by atoms with Crippen molar-refractivity contribution in [3.63, 3.8) is 0 Å². The number of hydrogen-bond donors (Lipinski definition) is 2. The molecule has 2 nitrogen and oxygen atoms in total. The van der Waals surface area contributed by atoms with Crippen molar-refractivity contribution in [1.82, 2.24) is 0 Å². The van der Waals surface area contributed by atoms with E-state index in [1.54, 1.807) is 0 Å². The van der Waals surface area contributed by atoms with E-state index >= 15 is 0 Å². The average molecular weight is 330 g/mol. The second-order valence-electron chi connectivity index (χ2n) is 10.1. The van der Waals surface area contributed by atoms with Gasteiger partial charge in [-0.3, -0.25) is 0 Å². The molecule has 6 radical (unpaired) electrons. The van der Waals surface area contributed by atoms with Gasteiger partial charge in [0, 0.05) is 16.8 Å². The van der Waals surface area contributed by atoms with Gasteiger partial charge >= 0.3 is 0 Å². The molecule has 6 aliphatic carbocycles. The molecule has 6 rings (SSSR count). The van der Waals surface area contributed by atoms with Crippen LogP contribution < -0.4 is 0 Å². The van der Waals surface area contributed by atoms with E-state index in [1.807, 2.05) is 0 Å². The van der Waals surface area contributed by atoms with Crippen LogP contribution in [0.15, 0.2) is 0 Å². The maximum Gasteiger partial charge on any atom is 0.0729 e. The fraction of sp³-hybridized carbons (Fsp3) is 1.00. The van der Waals surface area contributed by atoms with Crippen LogP contribution >= 0.6 is 0 Å². The molecule has 4 bridgehead atoms. The minimum atomic E-state index is -0.323. The molecule has 0 aliphatic heterocycles. The normalized spacial score (nSPS) is 49.0. The summed E-state index contributed by atoms with van der Waals surface area (Å²) >= 11 is 0. The number of fused-ring (bicyclic) bond motifs is 4. The SMILES string of the molecule is CC1CCC2CC1(O)C2(C)C.CC1CCC2CC1(O)C2(C)C.[B].[B]. The molecule has 0 amide bonds. The molecule has 4 heteroatoms. The zero-order chi connectivity index (χ0) is 16.6. The summed E-state index contributed by atoms with van der Waals surface area (Å²) in [6, 6.07) is 0. The molecule has 0 aromatic rings. The molecule has 0 saturated heterocycles. The van der Waals surface area contributed by atoms with Crippen LogP contribution in [0.5, 0.6) is 0 Å². The van der Waals surface area contributed by atoms with Crippen molar-refractivity contribution >= 4 is 16.8 Å². The third-order valence-electron chi connectivity index (χ3n) is 8.91. The Hall–Kier alpha value is 0.0499. The minimum absolute atomic E-state index is 0. The van der Waals surface area contributed by atoms with Crippen LogP contribution in [0.25, 0.3) is 0 Å². The summed E-state index contributed by atoms with van der Waals surface area (Å²) in [6.07, 6.45) is 7.23. The van der Waals surface area contributed by atoms with E-state index in [2.05, 4.69) is 41.5 Å². The maximum atomic E-state index is 10.2. The van der Waals surface area contributed by atoms with Gasteiger partial charge in [0.1, 0.15) is 0 Å². The summed E-state index contributed by atoms with van der Waals surface area (Å²) in [5.41, 5.74) is -0.249. The first-order chi connectivity index (χ1) is 9.97.